The highest BCUT2D eigenvalue weighted by Gasteiger charge is 2.41. The van der Waals surface area contributed by atoms with Crippen molar-refractivity contribution in [2.75, 3.05) is 26.7 Å². The number of likely N-dealkylation sites (N-methyl/N-ethyl adjacent to an activating group) is 1. The molecule has 4 atom stereocenters. The summed E-state index contributed by atoms with van der Waals surface area (Å²) in [5.74, 6) is 0.434. The molecule has 2 aromatic carbocycles. The number of hydrogen-bond acceptors (Lipinski definition) is 4. The molecule has 0 radical (unpaired) electrons. The van der Waals surface area contributed by atoms with Gasteiger partial charge in [-0.1, -0.05) is 55.8 Å². The second kappa shape index (κ2) is 18.6. The standard InChI is InChI=1S/C37H51FN4O2.3ClH/c1-6-42-35(22-32(39-42)19-27-12-10-26(4)11-13-27)28-14-16-41(17-15-28)24-30-21-33(40(5)36(37(43)44)18-25(2)3)23-34(30)29-8-7-9-31(38)20-29;;;/h7-13,20,22,25,28,30,33-34,36H,6,14-19,21,23-24H2,1-5H3,(H,43,44);3*1H/t30?,33?,34?,36-;;;/m1.../s1. The van der Waals surface area contributed by atoms with Crippen molar-refractivity contribution in [3.05, 3.63) is 88.5 Å². The Morgan fingerprint density at radius 3 is 2.32 bits per heavy atom. The van der Waals surface area contributed by atoms with Crippen molar-refractivity contribution in [2.24, 2.45) is 11.8 Å². The van der Waals surface area contributed by atoms with Crippen LogP contribution in [0.15, 0.2) is 54.6 Å². The van der Waals surface area contributed by atoms with E-state index in [1.54, 1.807) is 6.07 Å². The van der Waals surface area contributed by atoms with Crippen LogP contribution in [0.2, 0.25) is 0 Å². The lowest BCUT2D eigenvalue weighted by atomic mass is 9.87. The van der Waals surface area contributed by atoms with Crippen molar-refractivity contribution in [1.82, 2.24) is 19.6 Å². The van der Waals surface area contributed by atoms with Crippen LogP contribution in [0.1, 0.15) is 92.8 Å². The first-order valence-electron chi connectivity index (χ1n) is 16.7. The minimum Gasteiger partial charge on any atom is -0.480 e. The molecular weight excluding hydrogens is 658 g/mol. The number of piperidine rings is 1. The van der Waals surface area contributed by atoms with Crippen LogP contribution in [-0.4, -0.2) is 69.4 Å². The number of carboxylic acids is 1. The van der Waals surface area contributed by atoms with E-state index in [0.717, 1.165) is 69.5 Å². The molecule has 1 aliphatic carbocycles. The van der Waals surface area contributed by atoms with Gasteiger partial charge in [0.1, 0.15) is 11.9 Å². The highest BCUT2D eigenvalue weighted by atomic mass is 35.5. The Labute approximate surface area is 299 Å². The van der Waals surface area contributed by atoms with E-state index >= 15 is 0 Å². The van der Waals surface area contributed by atoms with E-state index in [-0.39, 0.29) is 55.0 Å². The predicted molar refractivity (Wildman–Crippen MR) is 196 cm³/mol. The number of carbonyl (C=O) groups is 1. The number of aliphatic carboxylic acids is 1. The average Bonchev–Trinajstić information content (AvgIpc) is 3.61. The minimum absolute atomic E-state index is 0. The molecule has 2 aliphatic rings. The molecule has 1 saturated heterocycles. The maximum Gasteiger partial charge on any atom is 0.320 e. The van der Waals surface area contributed by atoms with Crippen LogP contribution in [-0.2, 0) is 17.8 Å². The van der Waals surface area contributed by atoms with Gasteiger partial charge < -0.3 is 10.0 Å². The van der Waals surface area contributed by atoms with Crippen molar-refractivity contribution >= 4 is 43.2 Å². The number of benzene rings is 2. The van der Waals surface area contributed by atoms with Crippen LogP contribution >= 0.6 is 37.2 Å². The number of nitrogens with zero attached hydrogens (tertiary/aromatic N) is 4. The number of rotatable bonds is 12. The van der Waals surface area contributed by atoms with Gasteiger partial charge in [-0.2, -0.15) is 5.10 Å². The molecule has 2 heterocycles. The van der Waals surface area contributed by atoms with Gasteiger partial charge in [0.2, 0.25) is 0 Å². The quantitative estimate of drug-likeness (QED) is 0.205. The molecule has 2 fully saturated rings. The monoisotopic (exact) mass is 710 g/mol. The highest BCUT2D eigenvalue weighted by Crippen LogP contribution is 2.43. The summed E-state index contributed by atoms with van der Waals surface area (Å²) in [6, 6.07) is 17.8. The van der Waals surface area contributed by atoms with E-state index in [0.29, 0.717) is 24.2 Å². The Bertz CT molecular complexity index is 1390. The highest BCUT2D eigenvalue weighted by molar-refractivity contribution is 5.86. The Balaban J connectivity index is 0.00000256. The zero-order valence-electron chi connectivity index (χ0n) is 28.5. The first-order valence-corrected chi connectivity index (χ1v) is 16.7. The number of carboxylic acid groups (broad SMARTS) is 1. The van der Waals surface area contributed by atoms with Crippen LogP contribution in [0.3, 0.4) is 0 Å². The van der Waals surface area contributed by atoms with E-state index in [4.69, 9.17) is 5.10 Å². The Hall–Kier alpha value is -2.16. The molecule has 1 N–H and O–H groups in total. The molecule has 3 aromatic rings. The summed E-state index contributed by atoms with van der Waals surface area (Å²) in [6.07, 6.45) is 5.49. The molecule has 0 amide bonds. The third-order valence-corrected chi connectivity index (χ3v) is 10.2. The molecule has 6 nitrogen and oxygen atoms in total. The van der Waals surface area contributed by atoms with E-state index in [1.807, 2.05) is 13.1 Å². The molecule has 10 heteroatoms. The minimum atomic E-state index is -0.748. The Morgan fingerprint density at radius 1 is 1.04 bits per heavy atom. The van der Waals surface area contributed by atoms with Gasteiger partial charge in [-0.25, -0.2) is 4.39 Å². The van der Waals surface area contributed by atoms with E-state index in [2.05, 4.69) is 78.6 Å². The molecule has 1 aliphatic heterocycles. The normalized spacial score (nSPS) is 20.8. The van der Waals surface area contributed by atoms with Crippen molar-refractivity contribution < 1.29 is 14.3 Å². The van der Waals surface area contributed by atoms with Crippen molar-refractivity contribution in [1.29, 1.82) is 0 Å². The lowest BCUT2D eigenvalue weighted by molar-refractivity contribution is -0.144. The van der Waals surface area contributed by atoms with E-state index in [1.165, 1.54) is 22.9 Å². The summed E-state index contributed by atoms with van der Waals surface area (Å²) in [7, 11) is 1.98. The van der Waals surface area contributed by atoms with Crippen LogP contribution in [0.25, 0.3) is 0 Å². The predicted octanol–water partition coefficient (Wildman–Crippen LogP) is 8.38. The second-order valence-electron chi connectivity index (χ2n) is 13.8. The summed E-state index contributed by atoms with van der Waals surface area (Å²) >= 11 is 0. The fraction of sp³-hybridized carbons (Fsp3) is 0.568. The van der Waals surface area contributed by atoms with Gasteiger partial charge in [0.15, 0.2) is 0 Å². The van der Waals surface area contributed by atoms with Gasteiger partial charge in [0, 0.05) is 37.2 Å². The maximum atomic E-state index is 14.3. The second-order valence-corrected chi connectivity index (χ2v) is 13.8. The third-order valence-electron chi connectivity index (χ3n) is 10.2. The van der Waals surface area contributed by atoms with Gasteiger partial charge in [0.05, 0.1) is 5.69 Å². The molecular formula is C37H54Cl3FN4O2. The lowest BCUT2D eigenvalue weighted by Gasteiger charge is -2.35. The maximum absolute atomic E-state index is 14.3. The Kier molecular flexibility index (Phi) is 16.2. The van der Waals surface area contributed by atoms with Gasteiger partial charge >= 0.3 is 5.97 Å². The number of likely N-dealkylation sites (tertiary alicyclic amines) is 1. The number of halogens is 4. The summed E-state index contributed by atoms with van der Waals surface area (Å²) in [4.78, 5) is 16.9. The lowest BCUT2D eigenvalue weighted by Crippen LogP contribution is -2.45. The summed E-state index contributed by atoms with van der Waals surface area (Å²) in [6.45, 7) is 12.4. The third kappa shape index (κ3) is 10.4. The number of hydrogen-bond donors (Lipinski definition) is 1. The van der Waals surface area contributed by atoms with Crippen LogP contribution in [0.4, 0.5) is 4.39 Å². The van der Waals surface area contributed by atoms with Crippen LogP contribution in [0.5, 0.6) is 0 Å². The summed E-state index contributed by atoms with van der Waals surface area (Å²) in [5, 5.41) is 15.0. The molecule has 3 unspecified atom stereocenters. The fourth-order valence-corrected chi connectivity index (χ4v) is 7.73. The van der Waals surface area contributed by atoms with Crippen molar-refractivity contribution in [2.45, 2.75) is 96.7 Å². The molecule has 47 heavy (non-hydrogen) atoms. The van der Waals surface area contributed by atoms with Crippen LogP contribution in [0, 0.1) is 24.6 Å². The van der Waals surface area contributed by atoms with Crippen molar-refractivity contribution in [3.8, 4) is 0 Å². The van der Waals surface area contributed by atoms with E-state index < -0.39 is 12.0 Å². The summed E-state index contributed by atoms with van der Waals surface area (Å²) < 4.78 is 16.5. The first kappa shape index (κ1) is 41.0. The fourth-order valence-electron chi connectivity index (χ4n) is 7.73. The smallest absolute Gasteiger partial charge is 0.320 e. The van der Waals surface area contributed by atoms with Gasteiger partial charge in [-0.05, 0) is 113 Å². The largest absolute Gasteiger partial charge is 0.480 e. The Morgan fingerprint density at radius 2 is 1.72 bits per heavy atom. The number of aryl methyl sites for hydroxylation is 2. The molecule has 5 rings (SSSR count). The topological polar surface area (TPSA) is 61.6 Å². The zero-order valence-corrected chi connectivity index (χ0v) is 30.9. The molecule has 0 spiro atoms. The van der Waals surface area contributed by atoms with Gasteiger partial charge in [0.25, 0.3) is 0 Å². The molecule has 1 aromatic heterocycles. The molecule has 0 bridgehead atoms. The molecule has 1 saturated carbocycles. The van der Waals surface area contributed by atoms with Gasteiger partial charge in [-0.3, -0.25) is 14.4 Å². The first-order chi connectivity index (χ1) is 21.1. The average molecular weight is 712 g/mol. The number of aromatic nitrogens is 2. The van der Waals surface area contributed by atoms with Crippen LogP contribution < -0.4 is 0 Å². The summed E-state index contributed by atoms with van der Waals surface area (Å²) in [5.41, 5.74) is 6.12. The van der Waals surface area contributed by atoms with Gasteiger partial charge in [-0.15, -0.1) is 37.2 Å². The zero-order chi connectivity index (χ0) is 31.4. The molecule has 262 valence electrons. The van der Waals surface area contributed by atoms with E-state index in [9.17, 15) is 14.3 Å². The SMILES string of the molecule is CCn1nc(Cc2ccc(C)cc2)cc1C1CCN(CC2CC(N(C)[C@H](CC(C)C)C(=O)O)CC2c2cccc(F)c2)CC1.Cl.Cl.Cl. The van der Waals surface area contributed by atoms with Crippen molar-refractivity contribution in [3.63, 3.8) is 0 Å².